The minimum absolute atomic E-state index is 0.0638. The molecule has 3 fully saturated rings. The summed E-state index contributed by atoms with van der Waals surface area (Å²) >= 11 is 1.78. The Morgan fingerprint density at radius 1 is 0.604 bits per heavy atom. The first-order chi connectivity index (χ1) is 22.4. The summed E-state index contributed by atoms with van der Waals surface area (Å²) in [7, 11) is 6.49. The minimum atomic E-state index is 0.0638. The van der Waals surface area contributed by atoms with Crippen molar-refractivity contribution in [3.8, 4) is 0 Å². The number of hydrogen-bond acceptors (Lipinski definition) is 11. The lowest BCUT2D eigenvalue weighted by Gasteiger charge is -2.32. The summed E-state index contributed by atoms with van der Waals surface area (Å²) in [6.07, 6.45) is 3.75. The summed E-state index contributed by atoms with van der Waals surface area (Å²) in [5.74, 6) is 1.03. The van der Waals surface area contributed by atoms with Crippen LogP contribution in [0.15, 0.2) is 22.3 Å². The van der Waals surface area contributed by atoms with Crippen LogP contribution in [0.2, 0.25) is 0 Å². The van der Waals surface area contributed by atoms with Crippen molar-refractivity contribution in [2.75, 3.05) is 114 Å². The number of aromatic amines is 1. The van der Waals surface area contributed by atoms with Gasteiger partial charge in [0.2, 0.25) is 5.95 Å². The molecule has 0 saturated carbocycles. The van der Waals surface area contributed by atoms with Crippen molar-refractivity contribution >= 4 is 28.4 Å². The maximum Gasteiger partial charge on any atom is 0.297 e. The number of piperazine rings is 3. The molecule has 48 heavy (non-hydrogen) atoms. The van der Waals surface area contributed by atoms with Gasteiger partial charge >= 0.3 is 0 Å². The molecule has 12 heteroatoms. The van der Waals surface area contributed by atoms with E-state index in [9.17, 15) is 0 Å². The zero-order valence-electron chi connectivity index (χ0n) is 32.1. The van der Waals surface area contributed by atoms with Gasteiger partial charge in [-0.25, -0.2) is 9.97 Å². The summed E-state index contributed by atoms with van der Waals surface area (Å²) in [6.45, 7) is 32.7. The molecule has 270 valence electrons. The lowest BCUT2D eigenvalue weighted by molar-refractivity contribution is 0.305. The van der Waals surface area contributed by atoms with Crippen LogP contribution in [0.1, 0.15) is 79.4 Å². The van der Waals surface area contributed by atoms with E-state index in [-0.39, 0.29) is 16.2 Å². The second kappa shape index (κ2) is 15.9. The Balaban J connectivity index is 0.000000163. The predicted octanol–water partition coefficient (Wildman–Crippen LogP) is 5.38. The molecule has 1 N–H and O–H groups in total. The fraction of sp³-hybridized carbons (Fsp3) is 0.750. The number of nitrogens with one attached hydrogen (secondary N) is 1. The number of imidazole rings is 1. The van der Waals surface area contributed by atoms with Gasteiger partial charge in [-0.3, -0.25) is 0 Å². The van der Waals surface area contributed by atoms with Gasteiger partial charge in [0.25, 0.3) is 6.01 Å². The van der Waals surface area contributed by atoms with Gasteiger partial charge in [0.05, 0.1) is 17.6 Å². The molecular weight excluding hydrogens is 621 g/mol. The van der Waals surface area contributed by atoms with Gasteiger partial charge in [-0.2, -0.15) is 4.98 Å². The van der Waals surface area contributed by atoms with Crippen molar-refractivity contribution in [2.45, 2.75) is 78.6 Å². The first-order valence-corrected chi connectivity index (χ1v) is 18.6. The summed E-state index contributed by atoms with van der Waals surface area (Å²) in [5, 5.41) is 3.39. The lowest BCUT2D eigenvalue weighted by atomic mass is 9.93. The van der Waals surface area contributed by atoms with Crippen LogP contribution in [-0.4, -0.2) is 134 Å². The van der Waals surface area contributed by atoms with E-state index in [1.165, 1.54) is 16.5 Å². The summed E-state index contributed by atoms with van der Waals surface area (Å²) < 4.78 is 5.56. The number of hydrogen-bond donors (Lipinski definition) is 1. The zero-order chi connectivity index (χ0) is 35.3. The first kappa shape index (κ1) is 38.1. The van der Waals surface area contributed by atoms with E-state index >= 15 is 0 Å². The normalized spacial score (nSPS) is 19.1. The summed E-state index contributed by atoms with van der Waals surface area (Å²) in [5.41, 5.74) is 3.84. The zero-order valence-corrected chi connectivity index (χ0v) is 32.9. The van der Waals surface area contributed by atoms with Gasteiger partial charge in [-0.05, 0) is 21.1 Å². The molecule has 11 nitrogen and oxygen atoms in total. The largest absolute Gasteiger partial charge is 0.432 e. The Kier molecular flexibility index (Phi) is 12.6. The fourth-order valence-corrected chi connectivity index (χ4v) is 6.48. The molecule has 0 amide bonds. The Labute approximate surface area is 294 Å². The highest BCUT2D eigenvalue weighted by Crippen LogP contribution is 2.29. The number of H-pyrrole nitrogens is 1. The Morgan fingerprint density at radius 3 is 1.50 bits per heavy atom. The third kappa shape index (κ3) is 10.9. The van der Waals surface area contributed by atoms with Gasteiger partial charge in [0.1, 0.15) is 6.26 Å². The molecule has 6 heterocycles. The van der Waals surface area contributed by atoms with Crippen LogP contribution in [0.5, 0.6) is 0 Å². The Bertz CT molecular complexity index is 1200. The van der Waals surface area contributed by atoms with E-state index in [2.05, 4.69) is 133 Å². The number of anilines is 3. The summed E-state index contributed by atoms with van der Waals surface area (Å²) in [6, 6.07) is 0.776. The maximum absolute atomic E-state index is 5.56. The molecule has 0 aliphatic carbocycles. The predicted molar refractivity (Wildman–Crippen MR) is 202 cm³/mol. The van der Waals surface area contributed by atoms with Crippen LogP contribution in [0.25, 0.3) is 0 Å². The molecule has 0 atom stereocenters. The smallest absolute Gasteiger partial charge is 0.297 e. The van der Waals surface area contributed by atoms with Gasteiger partial charge in [0.15, 0.2) is 5.13 Å². The molecular formula is C36H64N10OS. The molecule has 6 rings (SSSR count). The van der Waals surface area contributed by atoms with Crippen LogP contribution in [-0.2, 0) is 16.2 Å². The molecule has 0 aromatic carbocycles. The number of nitrogens with zero attached hydrogens (tertiary/aromatic N) is 9. The van der Waals surface area contributed by atoms with E-state index in [1.54, 1.807) is 17.6 Å². The topological polar surface area (TPSA) is 87.0 Å². The Hall–Kier alpha value is -2.67. The third-order valence-corrected chi connectivity index (χ3v) is 10.1. The average molecular weight is 685 g/mol. The molecule has 3 aliphatic heterocycles. The van der Waals surface area contributed by atoms with Gasteiger partial charge < -0.3 is 38.8 Å². The number of likely N-dealkylation sites (N-methyl/N-ethyl adjacent to an activating group) is 3. The van der Waals surface area contributed by atoms with Crippen LogP contribution in [0.3, 0.4) is 0 Å². The number of oxazole rings is 1. The van der Waals surface area contributed by atoms with Crippen LogP contribution >= 0.6 is 11.3 Å². The fourth-order valence-electron chi connectivity index (χ4n) is 5.37. The molecule has 3 aliphatic rings. The molecule has 3 aromatic rings. The van der Waals surface area contributed by atoms with Crippen LogP contribution in [0.4, 0.5) is 17.1 Å². The van der Waals surface area contributed by atoms with E-state index in [0.29, 0.717) is 0 Å². The average Bonchev–Trinajstić information content (AvgIpc) is 3.80. The van der Waals surface area contributed by atoms with Crippen molar-refractivity contribution < 1.29 is 4.42 Å². The standard InChI is InChI=1S/C12H22N4.C12H21N3O.C12H21N3S/c1-12(2,3)10-9-13-11(14-10)16-7-5-15(4)6-8-16;2*1-12(2,3)10-9-16-11(13-10)15-7-5-14(4)6-8-15/h9H,5-8H2,1-4H3,(H,13,14);2*9H,5-8H2,1-4H3. The second-order valence-electron chi connectivity index (χ2n) is 16.8. The van der Waals surface area contributed by atoms with Crippen LogP contribution in [0, 0.1) is 0 Å². The molecule has 0 unspecified atom stereocenters. The summed E-state index contributed by atoms with van der Waals surface area (Å²) in [4.78, 5) is 31.2. The highest BCUT2D eigenvalue weighted by atomic mass is 32.1. The van der Waals surface area contributed by atoms with E-state index < -0.39 is 0 Å². The van der Waals surface area contributed by atoms with E-state index in [1.807, 2.05) is 6.20 Å². The van der Waals surface area contributed by atoms with Crippen molar-refractivity contribution in [1.82, 2.24) is 34.6 Å². The first-order valence-electron chi connectivity index (χ1n) is 17.7. The molecule has 0 bridgehead atoms. The van der Waals surface area contributed by atoms with E-state index in [4.69, 9.17) is 9.40 Å². The molecule has 3 saturated heterocycles. The van der Waals surface area contributed by atoms with Crippen molar-refractivity contribution in [3.05, 3.63) is 34.9 Å². The highest BCUT2D eigenvalue weighted by Gasteiger charge is 2.24. The van der Waals surface area contributed by atoms with Gasteiger partial charge in [-0.1, -0.05) is 62.3 Å². The lowest BCUT2D eigenvalue weighted by Crippen LogP contribution is -2.45. The quantitative estimate of drug-likeness (QED) is 0.389. The number of thiazole rings is 1. The third-order valence-electron chi connectivity index (χ3n) is 9.24. The minimum Gasteiger partial charge on any atom is -0.432 e. The SMILES string of the molecule is CN1CCN(c2nc(C(C)(C)C)co2)CC1.CN1CCN(c2nc(C(C)(C)C)cs2)CC1.CN1CCN(c2ncc(C(C)(C)C)[nH]2)CC1. The molecule has 0 radical (unpaired) electrons. The second-order valence-corrected chi connectivity index (χ2v) is 17.6. The maximum atomic E-state index is 5.56. The van der Waals surface area contributed by atoms with Gasteiger partial charge in [0, 0.05) is 106 Å². The van der Waals surface area contributed by atoms with Crippen molar-refractivity contribution in [2.24, 2.45) is 0 Å². The molecule has 0 spiro atoms. The Morgan fingerprint density at radius 2 is 1.08 bits per heavy atom. The number of rotatable bonds is 3. The number of aromatic nitrogens is 4. The van der Waals surface area contributed by atoms with Crippen LogP contribution < -0.4 is 14.7 Å². The van der Waals surface area contributed by atoms with Crippen molar-refractivity contribution in [3.63, 3.8) is 0 Å². The monoisotopic (exact) mass is 684 g/mol. The van der Waals surface area contributed by atoms with Gasteiger partial charge in [-0.15, -0.1) is 11.3 Å². The molecule has 3 aromatic heterocycles. The van der Waals surface area contributed by atoms with Crippen molar-refractivity contribution in [1.29, 1.82) is 0 Å². The van der Waals surface area contributed by atoms with E-state index in [0.717, 1.165) is 96.2 Å². The highest BCUT2D eigenvalue weighted by molar-refractivity contribution is 7.13.